The molecule has 0 amide bonds. The van der Waals surface area contributed by atoms with Gasteiger partial charge in [-0.05, 0) is 11.6 Å². The van der Waals surface area contributed by atoms with E-state index in [2.05, 4.69) is 21.0 Å². The summed E-state index contributed by atoms with van der Waals surface area (Å²) in [4.78, 5) is 14.0. The molecule has 1 aliphatic rings. The van der Waals surface area contributed by atoms with E-state index in [1.807, 2.05) is 30.1 Å². The SMILES string of the molecule is CN(C[C@H]1Cc2ccccc2O1)c1ncncn1. The quantitative estimate of drug-likeness (QED) is 0.812. The zero-order chi connectivity index (χ0) is 12.4. The van der Waals surface area contributed by atoms with Gasteiger partial charge in [-0.3, -0.25) is 0 Å². The van der Waals surface area contributed by atoms with Crippen LogP contribution in [0.15, 0.2) is 36.9 Å². The number of benzene rings is 1. The van der Waals surface area contributed by atoms with E-state index in [0.717, 1.165) is 18.7 Å². The number of para-hydroxylation sites is 1. The Balaban J connectivity index is 1.66. The van der Waals surface area contributed by atoms with Crippen molar-refractivity contribution in [1.29, 1.82) is 0 Å². The van der Waals surface area contributed by atoms with Crippen LogP contribution in [0.1, 0.15) is 5.56 Å². The number of hydrogen-bond acceptors (Lipinski definition) is 5. The second-order valence-electron chi connectivity index (χ2n) is 4.37. The maximum atomic E-state index is 5.89. The predicted octanol–water partition coefficient (Wildman–Crippen LogP) is 1.31. The Morgan fingerprint density at radius 1 is 1.28 bits per heavy atom. The molecule has 5 nitrogen and oxygen atoms in total. The van der Waals surface area contributed by atoms with Crippen LogP contribution in [-0.2, 0) is 6.42 Å². The van der Waals surface area contributed by atoms with E-state index in [1.165, 1.54) is 18.2 Å². The Hall–Kier alpha value is -2.17. The Kier molecular flexibility index (Phi) is 2.80. The Labute approximate surface area is 105 Å². The largest absolute Gasteiger partial charge is 0.488 e. The first-order valence-corrected chi connectivity index (χ1v) is 5.90. The summed E-state index contributed by atoms with van der Waals surface area (Å²) in [6.45, 7) is 0.763. The van der Waals surface area contributed by atoms with E-state index >= 15 is 0 Å². The van der Waals surface area contributed by atoms with Gasteiger partial charge in [0.25, 0.3) is 0 Å². The molecular weight excluding hydrogens is 228 g/mol. The number of anilines is 1. The van der Waals surface area contributed by atoms with Gasteiger partial charge < -0.3 is 9.64 Å². The van der Waals surface area contributed by atoms with E-state index in [0.29, 0.717) is 5.95 Å². The zero-order valence-corrected chi connectivity index (χ0v) is 10.2. The molecule has 0 spiro atoms. The molecule has 0 radical (unpaired) electrons. The van der Waals surface area contributed by atoms with Crippen molar-refractivity contribution in [3.8, 4) is 5.75 Å². The van der Waals surface area contributed by atoms with E-state index < -0.39 is 0 Å². The van der Waals surface area contributed by atoms with Gasteiger partial charge in [-0.15, -0.1) is 0 Å². The molecule has 0 bridgehead atoms. The minimum atomic E-state index is 0.157. The average molecular weight is 242 g/mol. The van der Waals surface area contributed by atoms with Crippen LogP contribution in [0, 0.1) is 0 Å². The first-order valence-electron chi connectivity index (χ1n) is 5.90. The first kappa shape index (κ1) is 11.0. The number of likely N-dealkylation sites (N-methyl/N-ethyl adjacent to an activating group) is 1. The van der Waals surface area contributed by atoms with Crippen LogP contribution in [0.3, 0.4) is 0 Å². The predicted molar refractivity (Wildman–Crippen MR) is 67.7 cm³/mol. The second-order valence-corrected chi connectivity index (χ2v) is 4.37. The summed E-state index contributed by atoms with van der Waals surface area (Å²) in [6.07, 6.45) is 4.10. The number of fused-ring (bicyclic) bond motifs is 1. The van der Waals surface area contributed by atoms with Crippen molar-refractivity contribution in [1.82, 2.24) is 15.0 Å². The molecule has 0 saturated heterocycles. The lowest BCUT2D eigenvalue weighted by atomic mass is 10.1. The van der Waals surface area contributed by atoms with E-state index in [4.69, 9.17) is 4.74 Å². The molecule has 2 heterocycles. The maximum Gasteiger partial charge on any atom is 0.228 e. The molecular formula is C13H14N4O. The fourth-order valence-corrected chi connectivity index (χ4v) is 2.17. The highest BCUT2D eigenvalue weighted by Gasteiger charge is 2.24. The molecule has 18 heavy (non-hydrogen) atoms. The van der Waals surface area contributed by atoms with Gasteiger partial charge in [0.2, 0.25) is 5.95 Å². The third-order valence-corrected chi connectivity index (χ3v) is 3.01. The van der Waals surface area contributed by atoms with Gasteiger partial charge in [0.05, 0.1) is 6.54 Å². The molecule has 1 aliphatic heterocycles. The van der Waals surface area contributed by atoms with Crippen molar-refractivity contribution in [2.45, 2.75) is 12.5 Å². The van der Waals surface area contributed by atoms with Crippen molar-refractivity contribution in [2.24, 2.45) is 0 Å². The van der Waals surface area contributed by atoms with Crippen LogP contribution < -0.4 is 9.64 Å². The Bertz CT molecular complexity index is 507. The number of hydrogen-bond donors (Lipinski definition) is 0. The van der Waals surface area contributed by atoms with Crippen LogP contribution in [0.2, 0.25) is 0 Å². The van der Waals surface area contributed by atoms with E-state index in [9.17, 15) is 0 Å². The lowest BCUT2D eigenvalue weighted by molar-refractivity contribution is 0.238. The van der Waals surface area contributed by atoms with Crippen molar-refractivity contribution in [3.63, 3.8) is 0 Å². The maximum absolute atomic E-state index is 5.89. The van der Waals surface area contributed by atoms with Gasteiger partial charge >= 0.3 is 0 Å². The highest BCUT2D eigenvalue weighted by atomic mass is 16.5. The molecule has 5 heteroatoms. The molecule has 92 valence electrons. The molecule has 2 aromatic rings. The molecule has 0 N–H and O–H groups in total. The molecule has 0 aliphatic carbocycles. The lowest BCUT2D eigenvalue weighted by Crippen LogP contribution is -2.33. The number of nitrogens with zero attached hydrogens (tertiary/aromatic N) is 4. The third kappa shape index (κ3) is 2.11. The van der Waals surface area contributed by atoms with Gasteiger partial charge in [-0.25, -0.2) is 15.0 Å². The lowest BCUT2D eigenvalue weighted by Gasteiger charge is -2.20. The first-order chi connectivity index (χ1) is 8.83. The molecule has 0 saturated carbocycles. The summed E-state index contributed by atoms with van der Waals surface area (Å²) in [5.41, 5.74) is 1.27. The normalized spacial score (nSPS) is 17.1. The highest BCUT2D eigenvalue weighted by molar-refractivity contribution is 5.38. The third-order valence-electron chi connectivity index (χ3n) is 3.01. The fraction of sp³-hybridized carbons (Fsp3) is 0.308. The van der Waals surface area contributed by atoms with Gasteiger partial charge in [0, 0.05) is 13.5 Å². The summed E-state index contributed by atoms with van der Waals surface area (Å²) in [5.74, 6) is 1.66. The molecule has 1 aromatic carbocycles. The van der Waals surface area contributed by atoms with E-state index in [-0.39, 0.29) is 6.10 Å². The van der Waals surface area contributed by atoms with Gasteiger partial charge in [-0.2, -0.15) is 0 Å². The number of aromatic nitrogens is 3. The summed E-state index contributed by atoms with van der Waals surface area (Å²) in [7, 11) is 1.96. The minimum Gasteiger partial charge on any atom is -0.488 e. The Morgan fingerprint density at radius 2 is 2.06 bits per heavy atom. The van der Waals surface area contributed by atoms with Crippen molar-refractivity contribution < 1.29 is 4.74 Å². The summed E-state index contributed by atoms with van der Waals surface area (Å²) >= 11 is 0. The summed E-state index contributed by atoms with van der Waals surface area (Å²) in [6, 6.07) is 8.16. The standard InChI is InChI=1S/C13H14N4O/c1-17(13-15-8-14-9-16-13)7-11-6-10-4-2-3-5-12(10)18-11/h2-5,8-9,11H,6-7H2,1H3/t11-/m1/s1. The monoisotopic (exact) mass is 242 g/mol. The van der Waals surface area contributed by atoms with Crippen LogP contribution in [0.4, 0.5) is 5.95 Å². The average Bonchev–Trinajstić information content (AvgIpc) is 2.82. The van der Waals surface area contributed by atoms with Gasteiger partial charge in [0.1, 0.15) is 24.5 Å². The molecule has 0 fully saturated rings. The second kappa shape index (κ2) is 4.60. The van der Waals surface area contributed by atoms with Gasteiger partial charge in [-0.1, -0.05) is 18.2 Å². The smallest absolute Gasteiger partial charge is 0.228 e. The number of ether oxygens (including phenoxy) is 1. The van der Waals surface area contributed by atoms with Crippen LogP contribution in [0.25, 0.3) is 0 Å². The minimum absolute atomic E-state index is 0.157. The van der Waals surface area contributed by atoms with Crippen molar-refractivity contribution >= 4 is 5.95 Å². The van der Waals surface area contributed by atoms with Crippen LogP contribution >= 0.6 is 0 Å². The van der Waals surface area contributed by atoms with Gasteiger partial charge in [0.15, 0.2) is 0 Å². The number of rotatable bonds is 3. The van der Waals surface area contributed by atoms with E-state index in [1.54, 1.807) is 0 Å². The molecule has 3 rings (SSSR count). The summed E-state index contributed by atoms with van der Waals surface area (Å²) in [5, 5.41) is 0. The van der Waals surface area contributed by atoms with Crippen molar-refractivity contribution in [3.05, 3.63) is 42.5 Å². The molecule has 0 unspecified atom stereocenters. The summed E-state index contributed by atoms with van der Waals surface area (Å²) < 4.78 is 5.89. The zero-order valence-electron chi connectivity index (χ0n) is 10.2. The molecule has 1 atom stereocenters. The van der Waals surface area contributed by atoms with Crippen LogP contribution in [-0.4, -0.2) is 34.6 Å². The fourth-order valence-electron chi connectivity index (χ4n) is 2.17. The topological polar surface area (TPSA) is 51.1 Å². The Morgan fingerprint density at radius 3 is 2.83 bits per heavy atom. The van der Waals surface area contributed by atoms with Crippen molar-refractivity contribution in [2.75, 3.05) is 18.5 Å². The molecule has 1 aromatic heterocycles. The highest BCUT2D eigenvalue weighted by Crippen LogP contribution is 2.28. The van der Waals surface area contributed by atoms with Crippen LogP contribution in [0.5, 0.6) is 5.75 Å².